The van der Waals surface area contributed by atoms with E-state index in [4.69, 9.17) is 0 Å². The molecule has 1 rings (SSSR count). The Hall–Kier alpha value is -0.0400. The molecule has 1 heteroatoms. The quantitative estimate of drug-likeness (QED) is 0.686. The molecule has 0 saturated carbocycles. The standard InChI is InChI=1S/C13H27N/c1-3-5-7-12(4-2)10-13-8-6-9-14-11-13/h12-14H,3-11H2,1-2H3. The van der Waals surface area contributed by atoms with Crippen molar-refractivity contribution in [3.63, 3.8) is 0 Å². The molecule has 0 spiro atoms. The lowest BCUT2D eigenvalue weighted by Gasteiger charge is -2.26. The molecule has 0 amide bonds. The van der Waals surface area contributed by atoms with Gasteiger partial charge in [0.2, 0.25) is 0 Å². The molecular formula is C13H27N. The lowest BCUT2D eigenvalue weighted by molar-refractivity contribution is 0.284. The maximum atomic E-state index is 3.52. The highest BCUT2D eigenvalue weighted by Crippen LogP contribution is 2.25. The first kappa shape index (κ1) is 12.0. The Morgan fingerprint density at radius 2 is 2.21 bits per heavy atom. The Labute approximate surface area is 89.7 Å². The summed E-state index contributed by atoms with van der Waals surface area (Å²) < 4.78 is 0. The van der Waals surface area contributed by atoms with Crippen LogP contribution in [0.15, 0.2) is 0 Å². The third kappa shape index (κ3) is 4.45. The molecule has 0 bridgehead atoms. The van der Waals surface area contributed by atoms with Gasteiger partial charge >= 0.3 is 0 Å². The van der Waals surface area contributed by atoms with Crippen LogP contribution in [0.4, 0.5) is 0 Å². The van der Waals surface area contributed by atoms with Gasteiger partial charge in [-0.15, -0.1) is 0 Å². The Balaban J connectivity index is 2.16. The molecule has 1 saturated heterocycles. The predicted octanol–water partition coefficient (Wildman–Crippen LogP) is 3.59. The summed E-state index contributed by atoms with van der Waals surface area (Å²) in [5.41, 5.74) is 0. The fourth-order valence-electron chi connectivity index (χ4n) is 2.58. The fraction of sp³-hybridized carbons (Fsp3) is 1.00. The van der Waals surface area contributed by atoms with Crippen LogP contribution in [0.1, 0.15) is 58.8 Å². The maximum Gasteiger partial charge on any atom is -0.00204 e. The molecule has 0 aromatic rings. The second kappa shape index (κ2) is 7.28. The van der Waals surface area contributed by atoms with Gasteiger partial charge in [0.1, 0.15) is 0 Å². The summed E-state index contributed by atoms with van der Waals surface area (Å²) in [7, 11) is 0. The third-order valence-electron chi connectivity index (χ3n) is 3.61. The van der Waals surface area contributed by atoms with Gasteiger partial charge in [-0.3, -0.25) is 0 Å². The van der Waals surface area contributed by atoms with Crippen LogP contribution in [0, 0.1) is 11.8 Å². The highest BCUT2D eigenvalue weighted by molar-refractivity contribution is 4.72. The van der Waals surface area contributed by atoms with E-state index in [0.717, 1.165) is 11.8 Å². The smallest absolute Gasteiger partial charge is 0.00204 e. The van der Waals surface area contributed by atoms with Gasteiger partial charge in [-0.1, -0.05) is 39.5 Å². The molecule has 1 heterocycles. The summed E-state index contributed by atoms with van der Waals surface area (Å²) in [4.78, 5) is 0. The van der Waals surface area contributed by atoms with E-state index < -0.39 is 0 Å². The van der Waals surface area contributed by atoms with Crippen molar-refractivity contribution in [2.45, 2.75) is 58.8 Å². The van der Waals surface area contributed by atoms with Gasteiger partial charge in [-0.05, 0) is 44.2 Å². The SMILES string of the molecule is CCCCC(CC)CC1CCCNC1. The van der Waals surface area contributed by atoms with Gasteiger partial charge in [0.05, 0.1) is 0 Å². The Morgan fingerprint density at radius 1 is 1.36 bits per heavy atom. The molecule has 0 aromatic heterocycles. The lowest BCUT2D eigenvalue weighted by Crippen LogP contribution is -2.30. The van der Waals surface area contributed by atoms with Gasteiger partial charge in [-0.2, -0.15) is 0 Å². The predicted molar refractivity (Wildman–Crippen MR) is 63.5 cm³/mol. The van der Waals surface area contributed by atoms with Gasteiger partial charge in [0.15, 0.2) is 0 Å². The van der Waals surface area contributed by atoms with E-state index in [9.17, 15) is 0 Å². The first-order chi connectivity index (χ1) is 6.86. The average Bonchev–Trinajstić information content (AvgIpc) is 2.25. The lowest BCUT2D eigenvalue weighted by atomic mass is 9.85. The summed E-state index contributed by atoms with van der Waals surface area (Å²) in [6.45, 7) is 7.19. The third-order valence-corrected chi connectivity index (χ3v) is 3.61. The monoisotopic (exact) mass is 197 g/mol. The van der Waals surface area contributed by atoms with Crippen LogP contribution in [0.2, 0.25) is 0 Å². The van der Waals surface area contributed by atoms with Crippen molar-refractivity contribution in [2.75, 3.05) is 13.1 Å². The van der Waals surface area contributed by atoms with E-state index in [0.29, 0.717) is 0 Å². The van der Waals surface area contributed by atoms with Crippen molar-refractivity contribution in [3.05, 3.63) is 0 Å². The molecule has 0 radical (unpaired) electrons. The van der Waals surface area contributed by atoms with E-state index in [1.807, 2.05) is 0 Å². The highest BCUT2D eigenvalue weighted by Gasteiger charge is 2.17. The number of nitrogens with one attached hydrogen (secondary N) is 1. The molecule has 2 atom stereocenters. The molecule has 1 aliphatic rings. The zero-order chi connectivity index (χ0) is 10.2. The molecule has 2 unspecified atom stereocenters. The number of hydrogen-bond acceptors (Lipinski definition) is 1. The number of rotatable bonds is 6. The van der Waals surface area contributed by atoms with Gasteiger partial charge in [0.25, 0.3) is 0 Å². The molecule has 84 valence electrons. The first-order valence-electron chi connectivity index (χ1n) is 6.57. The van der Waals surface area contributed by atoms with Crippen LogP contribution < -0.4 is 5.32 Å². The first-order valence-corrected chi connectivity index (χ1v) is 6.57. The summed E-state index contributed by atoms with van der Waals surface area (Å²) in [5, 5.41) is 3.52. The maximum absolute atomic E-state index is 3.52. The molecule has 1 N–H and O–H groups in total. The van der Waals surface area contributed by atoms with Crippen LogP contribution in [-0.2, 0) is 0 Å². The Morgan fingerprint density at radius 3 is 2.79 bits per heavy atom. The molecule has 1 nitrogen and oxygen atoms in total. The van der Waals surface area contributed by atoms with Gasteiger partial charge in [0, 0.05) is 0 Å². The Bertz CT molecular complexity index is 127. The van der Waals surface area contributed by atoms with Crippen LogP contribution in [0.25, 0.3) is 0 Å². The Kier molecular flexibility index (Phi) is 6.25. The van der Waals surface area contributed by atoms with Crippen LogP contribution in [0.5, 0.6) is 0 Å². The molecule has 1 fully saturated rings. The molecule has 14 heavy (non-hydrogen) atoms. The largest absolute Gasteiger partial charge is 0.316 e. The van der Waals surface area contributed by atoms with E-state index in [-0.39, 0.29) is 0 Å². The van der Waals surface area contributed by atoms with Crippen molar-refractivity contribution < 1.29 is 0 Å². The van der Waals surface area contributed by atoms with Crippen LogP contribution >= 0.6 is 0 Å². The minimum Gasteiger partial charge on any atom is -0.316 e. The van der Waals surface area contributed by atoms with Crippen molar-refractivity contribution >= 4 is 0 Å². The normalized spacial score (nSPS) is 24.9. The minimum atomic E-state index is 0.977. The fourth-order valence-corrected chi connectivity index (χ4v) is 2.58. The van der Waals surface area contributed by atoms with E-state index >= 15 is 0 Å². The molecule has 0 aromatic carbocycles. The molecular weight excluding hydrogens is 170 g/mol. The van der Waals surface area contributed by atoms with E-state index in [1.54, 1.807) is 0 Å². The van der Waals surface area contributed by atoms with E-state index in [1.165, 1.54) is 58.0 Å². The molecule has 0 aliphatic carbocycles. The van der Waals surface area contributed by atoms with Crippen molar-refractivity contribution in [2.24, 2.45) is 11.8 Å². The second-order valence-corrected chi connectivity index (χ2v) is 4.86. The van der Waals surface area contributed by atoms with E-state index in [2.05, 4.69) is 19.2 Å². The summed E-state index contributed by atoms with van der Waals surface area (Å²) in [5.74, 6) is 1.98. The molecule has 1 aliphatic heterocycles. The minimum absolute atomic E-state index is 0.977. The van der Waals surface area contributed by atoms with Crippen molar-refractivity contribution in [1.82, 2.24) is 5.32 Å². The summed E-state index contributed by atoms with van der Waals surface area (Å²) in [6.07, 6.45) is 9.98. The topological polar surface area (TPSA) is 12.0 Å². The van der Waals surface area contributed by atoms with Crippen molar-refractivity contribution in [3.8, 4) is 0 Å². The summed E-state index contributed by atoms with van der Waals surface area (Å²) >= 11 is 0. The zero-order valence-corrected chi connectivity index (χ0v) is 10.0. The zero-order valence-electron chi connectivity index (χ0n) is 10.0. The second-order valence-electron chi connectivity index (χ2n) is 4.86. The average molecular weight is 197 g/mol. The highest BCUT2D eigenvalue weighted by atomic mass is 14.9. The number of unbranched alkanes of at least 4 members (excludes halogenated alkanes) is 1. The van der Waals surface area contributed by atoms with Gasteiger partial charge in [-0.25, -0.2) is 0 Å². The van der Waals surface area contributed by atoms with Gasteiger partial charge < -0.3 is 5.32 Å². The summed E-state index contributed by atoms with van der Waals surface area (Å²) in [6, 6.07) is 0. The number of hydrogen-bond donors (Lipinski definition) is 1. The van der Waals surface area contributed by atoms with Crippen LogP contribution in [-0.4, -0.2) is 13.1 Å². The van der Waals surface area contributed by atoms with Crippen molar-refractivity contribution in [1.29, 1.82) is 0 Å². The number of piperidine rings is 1. The van der Waals surface area contributed by atoms with Crippen LogP contribution in [0.3, 0.4) is 0 Å².